The SMILES string of the molecule is O=C1CCSc2ccc(-c3[nH]c(-c4ccc(F)cc4)c(-c4ccncc4)c3C(=O)OCc3ccccc3)cc21. The van der Waals surface area contributed by atoms with Crippen molar-refractivity contribution in [3.8, 4) is 33.6 Å². The van der Waals surface area contributed by atoms with Gasteiger partial charge in [-0.1, -0.05) is 36.4 Å². The molecule has 0 unspecified atom stereocenters. The fraction of sp³-hybridized carbons (Fsp3) is 0.0938. The number of nitrogens with zero attached hydrogens (tertiary/aromatic N) is 1. The Labute approximate surface area is 229 Å². The second-order valence-electron chi connectivity index (χ2n) is 9.16. The molecule has 39 heavy (non-hydrogen) atoms. The van der Waals surface area contributed by atoms with Crippen molar-refractivity contribution in [2.75, 3.05) is 5.75 Å². The number of carbonyl (C=O) groups excluding carboxylic acids is 2. The van der Waals surface area contributed by atoms with Gasteiger partial charge in [0.1, 0.15) is 12.4 Å². The van der Waals surface area contributed by atoms with Gasteiger partial charge in [0.25, 0.3) is 0 Å². The summed E-state index contributed by atoms with van der Waals surface area (Å²) >= 11 is 1.65. The fourth-order valence-corrected chi connectivity index (χ4v) is 5.77. The summed E-state index contributed by atoms with van der Waals surface area (Å²) in [7, 11) is 0. The lowest BCUT2D eigenvalue weighted by atomic mass is 9.95. The van der Waals surface area contributed by atoms with E-state index in [1.807, 2.05) is 60.7 Å². The molecule has 0 amide bonds. The van der Waals surface area contributed by atoms with Crippen LogP contribution in [0.3, 0.4) is 0 Å². The van der Waals surface area contributed by atoms with Gasteiger partial charge in [-0.05, 0) is 70.8 Å². The summed E-state index contributed by atoms with van der Waals surface area (Å²) in [6.45, 7) is 0.102. The zero-order valence-electron chi connectivity index (χ0n) is 20.8. The predicted molar refractivity (Wildman–Crippen MR) is 150 cm³/mol. The summed E-state index contributed by atoms with van der Waals surface area (Å²) in [4.78, 5) is 35.1. The maximum absolute atomic E-state index is 13.9. The molecule has 3 heterocycles. The summed E-state index contributed by atoms with van der Waals surface area (Å²) in [5, 5.41) is 0. The number of fused-ring (bicyclic) bond motifs is 1. The lowest BCUT2D eigenvalue weighted by Gasteiger charge is -2.15. The highest BCUT2D eigenvalue weighted by atomic mass is 32.2. The summed E-state index contributed by atoms with van der Waals surface area (Å²) in [5.41, 5.74) is 5.80. The highest BCUT2D eigenvalue weighted by Crippen LogP contribution is 2.42. The number of carbonyl (C=O) groups is 2. The highest BCUT2D eigenvalue weighted by Gasteiger charge is 2.28. The number of aromatic nitrogens is 2. The van der Waals surface area contributed by atoms with E-state index in [-0.39, 0.29) is 18.2 Å². The number of nitrogens with one attached hydrogen (secondary N) is 1. The monoisotopic (exact) mass is 534 g/mol. The van der Waals surface area contributed by atoms with Crippen LogP contribution in [0.5, 0.6) is 0 Å². The number of ether oxygens (including phenoxy) is 1. The molecule has 0 atom stereocenters. The third kappa shape index (κ3) is 5.01. The number of Topliss-reactive ketones (excluding diaryl/α,β-unsaturated/α-hetero) is 1. The Bertz CT molecular complexity index is 1670. The summed E-state index contributed by atoms with van der Waals surface area (Å²) in [6.07, 6.45) is 3.79. The Morgan fingerprint density at radius 1 is 0.897 bits per heavy atom. The summed E-state index contributed by atoms with van der Waals surface area (Å²) < 4.78 is 19.7. The van der Waals surface area contributed by atoms with Gasteiger partial charge < -0.3 is 9.72 Å². The molecule has 6 rings (SSSR count). The number of thioether (sulfide) groups is 1. The number of halogens is 1. The fourth-order valence-electron chi connectivity index (χ4n) is 4.77. The van der Waals surface area contributed by atoms with Crippen molar-refractivity contribution in [3.63, 3.8) is 0 Å². The van der Waals surface area contributed by atoms with Crippen LogP contribution in [0, 0.1) is 5.82 Å². The van der Waals surface area contributed by atoms with Crippen LogP contribution in [0.15, 0.2) is 102 Å². The Morgan fingerprint density at radius 2 is 1.64 bits per heavy atom. The number of ketones is 1. The molecule has 5 aromatic rings. The van der Waals surface area contributed by atoms with Crippen LogP contribution >= 0.6 is 11.8 Å². The Balaban J connectivity index is 1.56. The maximum atomic E-state index is 13.9. The smallest absolute Gasteiger partial charge is 0.341 e. The van der Waals surface area contributed by atoms with Crippen LogP contribution in [0.25, 0.3) is 33.6 Å². The number of aromatic amines is 1. The molecule has 0 radical (unpaired) electrons. The van der Waals surface area contributed by atoms with Crippen molar-refractivity contribution >= 4 is 23.5 Å². The van der Waals surface area contributed by atoms with Crippen molar-refractivity contribution in [1.29, 1.82) is 0 Å². The minimum Gasteiger partial charge on any atom is -0.457 e. The first-order valence-electron chi connectivity index (χ1n) is 12.5. The van der Waals surface area contributed by atoms with Gasteiger partial charge in [0.2, 0.25) is 0 Å². The van der Waals surface area contributed by atoms with Gasteiger partial charge in [0, 0.05) is 40.6 Å². The van der Waals surface area contributed by atoms with E-state index in [0.29, 0.717) is 45.6 Å². The van der Waals surface area contributed by atoms with Gasteiger partial charge in [-0.25, -0.2) is 9.18 Å². The molecular weight excluding hydrogens is 511 g/mol. The standard InChI is InChI=1S/C32H23FN2O3S/c33-24-9-6-22(7-10-24)30-28(21-12-15-34-16-13-21)29(32(37)38-19-20-4-2-1-3-5-20)31(35-30)23-8-11-27-25(18-23)26(36)14-17-39-27/h1-13,15-16,18,35H,14,17,19H2. The molecule has 0 aliphatic carbocycles. The number of H-pyrrole nitrogens is 1. The molecule has 192 valence electrons. The molecule has 0 fully saturated rings. The number of esters is 1. The van der Waals surface area contributed by atoms with E-state index >= 15 is 0 Å². The summed E-state index contributed by atoms with van der Waals surface area (Å²) in [6, 6.07) is 24.9. The number of hydrogen-bond acceptors (Lipinski definition) is 5. The second-order valence-corrected chi connectivity index (χ2v) is 10.3. The number of pyridine rings is 1. The topological polar surface area (TPSA) is 72.0 Å². The zero-order chi connectivity index (χ0) is 26.8. The van der Waals surface area contributed by atoms with Crippen molar-refractivity contribution in [3.05, 3.63) is 120 Å². The van der Waals surface area contributed by atoms with Gasteiger partial charge in [-0.3, -0.25) is 9.78 Å². The van der Waals surface area contributed by atoms with Gasteiger partial charge in [-0.15, -0.1) is 11.8 Å². The van der Waals surface area contributed by atoms with E-state index in [1.54, 1.807) is 36.3 Å². The van der Waals surface area contributed by atoms with Gasteiger partial charge in [-0.2, -0.15) is 0 Å². The molecule has 0 spiro atoms. The number of benzene rings is 3. The quantitative estimate of drug-likeness (QED) is 0.227. The predicted octanol–water partition coefficient (Wildman–Crippen LogP) is 7.59. The van der Waals surface area contributed by atoms with E-state index in [0.717, 1.165) is 21.8 Å². The first-order chi connectivity index (χ1) is 19.1. The third-order valence-electron chi connectivity index (χ3n) is 6.67. The molecule has 5 nitrogen and oxygen atoms in total. The Kier molecular flexibility index (Phi) is 6.82. The number of rotatable bonds is 6. The molecular formula is C32H23FN2O3S. The highest BCUT2D eigenvalue weighted by molar-refractivity contribution is 7.99. The number of hydrogen-bond donors (Lipinski definition) is 1. The Hall–Kier alpha value is -4.49. The van der Waals surface area contributed by atoms with Crippen LogP contribution < -0.4 is 0 Å². The largest absolute Gasteiger partial charge is 0.457 e. The first-order valence-corrected chi connectivity index (χ1v) is 13.5. The average molecular weight is 535 g/mol. The average Bonchev–Trinajstić information content (AvgIpc) is 3.38. The lowest BCUT2D eigenvalue weighted by molar-refractivity contribution is 0.0474. The molecule has 0 saturated carbocycles. The van der Waals surface area contributed by atoms with Gasteiger partial charge in [0.05, 0.1) is 17.0 Å². The van der Waals surface area contributed by atoms with Crippen LogP contribution in [-0.4, -0.2) is 27.5 Å². The van der Waals surface area contributed by atoms with E-state index in [1.165, 1.54) is 12.1 Å². The van der Waals surface area contributed by atoms with Crippen molar-refractivity contribution in [2.45, 2.75) is 17.9 Å². The molecule has 2 aromatic heterocycles. The minimum absolute atomic E-state index is 0.0819. The second kappa shape index (κ2) is 10.7. The van der Waals surface area contributed by atoms with Gasteiger partial charge in [0.15, 0.2) is 5.78 Å². The van der Waals surface area contributed by atoms with E-state index < -0.39 is 5.97 Å². The van der Waals surface area contributed by atoms with Crippen LogP contribution in [0.1, 0.15) is 32.7 Å². The van der Waals surface area contributed by atoms with Crippen molar-refractivity contribution in [2.24, 2.45) is 0 Å². The zero-order valence-corrected chi connectivity index (χ0v) is 21.6. The van der Waals surface area contributed by atoms with Crippen molar-refractivity contribution in [1.82, 2.24) is 9.97 Å². The lowest BCUT2D eigenvalue weighted by Crippen LogP contribution is -2.09. The third-order valence-corrected chi connectivity index (χ3v) is 7.75. The van der Waals surface area contributed by atoms with E-state index in [4.69, 9.17) is 4.74 Å². The molecule has 1 aliphatic heterocycles. The first kappa shape index (κ1) is 24.8. The molecule has 3 aromatic carbocycles. The summed E-state index contributed by atoms with van der Waals surface area (Å²) in [5.74, 6) is -0.0302. The maximum Gasteiger partial charge on any atom is 0.341 e. The molecule has 7 heteroatoms. The molecule has 0 saturated heterocycles. The van der Waals surface area contributed by atoms with Gasteiger partial charge >= 0.3 is 5.97 Å². The van der Waals surface area contributed by atoms with Crippen LogP contribution in [0.2, 0.25) is 0 Å². The van der Waals surface area contributed by atoms with E-state index in [9.17, 15) is 14.0 Å². The normalized spacial score (nSPS) is 12.7. The molecule has 1 N–H and O–H groups in total. The van der Waals surface area contributed by atoms with Crippen LogP contribution in [-0.2, 0) is 11.3 Å². The van der Waals surface area contributed by atoms with Crippen molar-refractivity contribution < 1.29 is 18.7 Å². The molecule has 0 bridgehead atoms. The van der Waals surface area contributed by atoms with Crippen LogP contribution in [0.4, 0.5) is 4.39 Å². The van der Waals surface area contributed by atoms with E-state index in [2.05, 4.69) is 9.97 Å². The Morgan fingerprint density at radius 3 is 2.41 bits per heavy atom. The minimum atomic E-state index is -0.510. The molecule has 1 aliphatic rings.